The number of guanidine groups is 1. The fraction of sp³-hybridized carbons (Fsp3) is 0.562. The lowest BCUT2D eigenvalue weighted by molar-refractivity contribution is 0.174. The second-order valence-corrected chi connectivity index (χ2v) is 5.70. The Kier molecular flexibility index (Phi) is 3.90. The van der Waals surface area contributed by atoms with E-state index in [9.17, 15) is 0 Å². The van der Waals surface area contributed by atoms with Crippen LogP contribution >= 0.6 is 0 Å². The van der Waals surface area contributed by atoms with Crippen molar-refractivity contribution in [1.82, 2.24) is 10.6 Å². The summed E-state index contributed by atoms with van der Waals surface area (Å²) in [6.45, 7) is 4.32. The lowest BCUT2D eigenvalue weighted by Gasteiger charge is -2.19. The molecular formula is C16H23N3O2. The number of nitrogens with zero attached hydrogens (tertiary/aromatic N) is 1. The summed E-state index contributed by atoms with van der Waals surface area (Å²) in [6.07, 6.45) is 3.49. The van der Waals surface area contributed by atoms with Crippen molar-refractivity contribution in [3.8, 4) is 11.5 Å². The van der Waals surface area contributed by atoms with Gasteiger partial charge in [-0.05, 0) is 37.0 Å². The largest absolute Gasteiger partial charge is 0.454 e. The molecule has 0 atom stereocenters. The first-order chi connectivity index (χ1) is 10.3. The first-order valence-electron chi connectivity index (χ1n) is 7.62. The third-order valence-electron chi connectivity index (χ3n) is 4.20. The number of hydrogen-bond donors (Lipinski definition) is 2. The van der Waals surface area contributed by atoms with E-state index < -0.39 is 0 Å². The summed E-state index contributed by atoms with van der Waals surface area (Å²) in [7, 11) is 1.81. The highest BCUT2D eigenvalue weighted by Gasteiger charge is 2.44. The van der Waals surface area contributed by atoms with E-state index >= 15 is 0 Å². The van der Waals surface area contributed by atoms with Crippen molar-refractivity contribution in [2.45, 2.75) is 31.6 Å². The van der Waals surface area contributed by atoms with Gasteiger partial charge in [-0.3, -0.25) is 4.99 Å². The normalized spacial score (nSPS) is 18.5. The van der Waals surface area contributed by atoms with Gasteiger partial charge in [-0.25, -0.2) is 0 Å². The van der Waals surface area contributed by atoms with Crippen molar-refractivity contribution >= 4 is 5.96 Å². The Balaban J connectivity index is 1.65. The van der Waals surface area contributed by atoms with Gasteiger partial charge in [0.15, 0.2) is 17.5 Å². The molecule has 0 amide bonds. The molecule has 21 heavy (non-hydrogen) atoms. The van der Waals surface area contributed by atoms with Crippen LogP contribution in [0.3, 0.4) is 0 Å². The van der Waals surface area contributed by atoms with E-state index in [0.29, 0.717) is 6.79 Å². The molecule has 2 aliphatic rings. The van der Waals surface area contributed by atoms with Gasteiger partial charge in [0.2, 0.25) is 6.79 Å². The molecule has 1 aliphatic heterocycles. The predicted octanol–water partition coefficient (Wildman–Crippen LogP) is 2.02. The van der Waals surface area contributed by atoms with Gasteiger partial charge in [0, 0.05) is 25.6 Å². The Morgan fingerprint density at radius 2 is 2.05 bits per heavy atom. The van der Waals surface area contributed by atoms with Crippen molar-refractivity contribution < 1.29 is 9.47 Å². The molecule has 5 nitrogen and oxygen atoms in total. The minimum absolute atomic E-state index is 0.213. The van der Waals surface area contributed by atoms with Crippen LogP contribution in [0, 0.1) is 0 Å². The Morgan fingerprint density at radius 3 is 2.76 bits per heavy atom. The zero-order valence-corrected chi connectivity index (χ0v) is 12.7. The van der Waals surface area contributed by atoms with Gasteiger partial charge in [-0.15, -0.1) is 0 Å². The minimum Gasteiger partial charge on any atom is -0.454 e. The van der Waals surface area contributed by atoms with Crippen LogP contribution in [0.5, 0.6) is 11.5 Å². The van der Waals surface area contributed by atoms with Crippen molar-refractivity contribution in [3.05, 3.63) is 23.8 Å². The summed E-state index contributed by atoms with van der Waals surface area (Å²) < 4.78 is 10.9. The molecule has 0 saturated heterocycles. The molecule has 114 valence electrons. The molecule has 3 rings (SSSR count). The Hall–Kier alpha value is -1.91. The maximum atomic E-state index is 5.48. The minimum atomic E-state index is 0.213. The monoisotopic (exact) mass is 289 g/mol. The molecule has 0 spiro atoms. The number of hydrogen-bond acceptors (Lipinski definition) is 3. The SMILES string of the molecule is CCCNC(=NC)NCC1(c2ccc3c(c2)OCO3)CC1. The molecule has 0 aromatic heterocycles. The van der Waals surface area contributed by atoms with E-state index in [2.05, 4.69) is 34.7 Å². The van der Waals surface area contributed by atoms with Gasteiger partial charge < -0.3 is 20.1 Å². The standard InChI is InChI=1S/C16H23N3O2/c1-3-8-18-15(17-2)19-10-16(6-7-16)12-4-5-13-14(9-12)21-11-20-13/h4-5,9H,3,6-8,10-11H2,1-2H3,(H2,17,18,19). The highest BCUT2D eigenvalue weighted by atomic mass is 16.7. The zero-order valence-electron chi connectivity index (χ0n) is 12.7. The van der Waals surface area contributed by atoms with Gasteiger partial charge in [0.25, 0.3) is 0 Å². The maximum Gasteiger partial charge on any atom is 0.231 e. The Bertz CT molecular complexity index is 538. The van der Waals surface area contributed by atoms with E-state index in [-0.39, 0.29) is 5.41 Å². The van der Waals surface area contributed by atoms with Crippen LogP contribution in [0.2, 0.25) is 0 Å². The molecule has 5 heteroatoms. The van der Waals surface area contributed by atoms with Crippen molar-refractivity contribution in [2.24, 2.45) is 4.99 Å². The number of aliphatic imine (C=N–C) groups is 1. The van der Waals surface area contributed by atoms with Crippen LogP contribution in [0.25, 0.3) is 0 Å². The summed E-state index contributed by atoms with van der Waals surface area (Å²) in [6, 6.07) is 6.30. The lowest BCUT2D eigenvalue weighted by atomic mass is 9.95. The van der Waals surface area contributed by atoms with E-state index in [1.165, 1.54) is 18.4 Å². The predicted molar refractivity (Wildman–Crippen MR) is 83.1 cm³/mol. The molecule has 1 aliphatic carbocycles. The molecule has 0 radical (unpaired) electrons. The second kappa shape index (κ2) is 5.84. The maximum absolute atomic E-state index is 5.48. The zero-order chi connectivity index (χ0) is 14.7. The van der Waals surface area contributed by atoms with Gasteiger partial charge >= 0.3 is 0 Å². The summed E-state index contributed by atoms with van der Waals surface area (Å²) in [5, 5.41) is 6.75. The summed E-state index contributed by atoms with van der Waals surface area (Å²) in [5.41, 5.74) is 1.54. The van der Waals surface area contributed by atoms with Crippen LogP contribution in [0.1, 0.15) is 31.7 Å². The topological polar surface area (TPSA) is 54.9 Å². The average molecular weight is 289 g/mol. The van der Waals surface area contributed by atoms with E-state index in [4.69, 9.17) is 9.47 Å². The van der Waals surface area contributed by atoms with Crippen LogP contribution in [0.15, 0.2) is 23.2 Å². The Labute approximate surface area is 125 Å². The van der Waals surface area contributed by atoms with Crippen LogP contribution in [0.4, 0.5) is 0 Å². The van der Waals surface area contributed by atoms with Gasteiger partial charge in [-0.1, -0.05) is 13.0 Å². The first-order valence-corrected chi connectivity index (χ1v) is 7.62. The van der Waals surface area contributed by atoms with E-state index in [1.54, 1.807) is 0 Å². The molecule has 1 heterocycles. The number of fused-ring (bicyclic) bond motifs is 1. The molecule has 1 aromatic carbocycles. The van der Waals surface area contributed by atoms with Crippen molar-refractivity contribution in [2.75, 3.05) is 26.9 Å². The first kappa shape index (κ1) is 14.0. The van der Waals surface area contributed by atoms with E-state index in [0.717, 1.165) is 37.0 Å². The molecular weight excluding hydrogens is 266 g/mol. The lowest BCUT2D eigenvalue weighted by Crippen LogP contribution is -2.41. The Morgan fingerprint density at radius 1 is 1.24 bits per heavy atom. The quantitative estimate of drug-likeness (QED) is 0.643. The molecule has 1 aromatic rings. The molecule has 0 unspecified atom stereocenters. The smallest absolute Gasteiger partial charge is 0.231 e. The van der Waals surface area contributed by atoms with Crippen LogP contribution in [-0.2, 0) is 5.41 Å². The van der Waals surface area contributed by atoms with Crippen LogP contribution in [-0.4, -0.2) is 32.9 Å². The van der Waals surface area contributed by atoms with Gasteiger partial charge in [-0.2, -0.15) is 0 Å². The number of nitrogens with one attached hydrogen (secondary N) is 2. The van der Waals surface area contributed by atoms with Crippen LogP contribution < -0.4 is 20.1 Å². The number of rotatable bonds is 5. The molecule has 2 N–H and O–H groups in total. The fourth-order valence-corrected chi connectivity index (χ4v) is 2.66. The van der Waals surface area contributed by atoms with Crippen molar-refractivity contribution in [3.63, 3.8) is 0 Å². The van der Waals surface area contributed by atoms with Gasteiger partial charge in [0.1, 0.15) is 0 Å². The molecule has 0 bridgehead atoms. The highest BCUT2D eigenvalue weighted by molar-refractivity contribution is 5.79. The summed E-state index contributed by atoms with van der Waals surface area (Å²) >= 11 is 0. The summed E-state index contributed by atoms with van der Waals surface area (Å²) in [5.74, 6) is 2.60. The van der Waals surface area contributed by atoms with Crippen molar-refractivity contribution in [1.29, 1.82) is 0 Å². The average Bonchev–Trinajstić information content (AvgIpc) is 3.16. The third kappa shape index (κ3) is 2.91. The number of benzene rings is 1. The van der Waals surface area contributed by atoms with Gasteiger partial charge in [0.05, 0.1) is 0 Å². The number of ether oxygens (including phenoxy) is 2. The molecule has 1 fully saturated rings. The highest BCUT2D eigenvalue weighted by Crippen LogP contribution is 2.49. The third-order valence-corrected chi connectivity index (χ3v) is 4.20. The second-order valence-electron chi connectivity index (χ2n) is 5.70. The fourth-order valence-electron chi connectivity index (χ4n) is 2.66. The molecule has 1 saturated carbocycles. The summed E-state index contributed by atoms with van der Waals surface area (Å²) in [4.78, 5) is 4.26. The van der Waals surface area contributed by atoms with E-state index in [1.807, 2.05) is 13.1 Å².